The topological polar surface area (TPSA) is 30.0 Å². The van der Waals surface area contributed by atoms with E-state index in [0.29, 0.717) is 5.56 Å². The van der Waals surface area contributed by atoms with E-state index in [-0.39, 0.29) is 5.78 Å². The van der Waals surface area contributed by atoms with Crippen molar-refractivity contribution in [2.24, 2.45) is 0 Å². The molecule has 0 atom stereocenters. The molecule has 0 fully saturated rings. The molecule has 0 saturated carbocycles. The molecule has 1 aromatic rings. The molecule has 0 aromatic carbocycles. The van der Waals surface area contributed by atoms with Crippen LogP contribution < -0.4 is 0 Å². The highest BCUT2D eigenvalue weighted by Crippen LogP contribution is 2.03. The monoisotopic (exact) mass is 175 g/mol. The van der Waals surface area contributed by atoms with Crippen molar-refractivity contribution in [3.05, 3.63) is 41.7 Å². The molecule has 13 heavy (non-hydrogen) atoms. The first kappa shape index (κ1) is 9.65. The van der Waals surface area contributed by atoms with E-state index in [2.05, 4.69) is 4.98 Å². The van der Waals surface area contributed by atoms with E-state index in [1.807, 2.05) is 26.0 Å². The van der Waals surface area contributed by atoms with Crippen molar-refractivity contribution in [1.82, 2.24) is 4.98 Å². The molecule has 0 amide bonds. The van der Waals surface area contributed by atoms with Gasteiger partial charge in [0, 0.05) is 18.0 Å². The van der Waals surface area contributed by atoms with Crippen molar-refractivity contribution in [3.63, 3.8) is 0 Å². The van der Waals surface area contributed by atoms with Crippen LogP contribution in [0.3, 0.4) is 0 Å². The van der Waals surface area contributed by atoms with Gasteiger partial charge in [0.05, 0.1) is 0 Å². The molecule has 0 saturated heterocycles. The fourth-order valence-electron chi connectivity index (χ4n) is 1.01. The Bertz CT molecular complexity index is 329. The molecule has 0 aliphatic rings. The van der Waals surface area contributed by atoms with Crippen molar-refractivity contribution in [2.45, 2.75) is 20.3 Å². The first-order chi connectivity index (χ1) is 6.24. The van der Waals surface area contributed by atoms with Crippen molar-refractivity contribution in [2.75, 3.05) is 0 Å². The van der Waals surface area contributed by atoms with Crippen LogP contribution in [0.15, 0.2) is 30.6 Å². The summed E-state index contributed by atoms with van der Waals surface area (Å²) < 4.78 is 0. The molecule has 2 heteroatoms. The number of pyridine rings is 1. The lowest BCUT2D eigenvalue weighted by Gasteiger charge is -1.95. The summed E-state index contributed by atoms with van der Waals surface area (Å²) in [5.41, 5.74) is 1.67. The highest BCUT2D eigenvalue weighted by Gasteiger charge is 2.00. The lowest BCUT2D eigenvalue weighted by atomic mass is 10.1. The second-order valence-corrected chi connectivity index (χ2v) is 2.93. The molecule has 0 spiro atoms. The number of carbonyl (C=O) groups excluding carboxylic acids is 1. The Balaban J connectivity index is 2.83. The van der Waals surface area contributed by atoms with Gasteiger partial charge < -0.3 is 0 Å². The van der Waals surface area contributed by atoms with Crippen LogP contribution in [0.5, 0.6) is 0 Å². The maximum absolute atomic E-state index is 11.4. The summed E-state index contributed by atoms with van der Waals surface area (Å²) in [6, 6.07) is 1.84. The van der Waals surface area contributed by atoms with Crippen molar-refractivity contribution in [1.29, 1.82) is 0 Å². The van der Waals surface area contributed by atoms with Crippen LogP contribution in [0, 0.1) is 6.92 Å². The number of rotatable bonds is 3. The Morgan fingerprint density at radius 1 is 1.54 bits per heavy atom. The molecule has 0 unspecified atom stereocenters. The number of ketones is 1. The van der Waals surface area contributed by atoms with Crippen molar-refractivity contribution in [3.8, 4) is 0 Å². The Morgan fingerprint density at radius 3 is 2.92 bits per heavy atom. The van der Waals surface area contributed by atoms with Gasteiger partial charge in [-0.2, -0.15) is 0 Å². The van der Waals surface area contributed by atoms with Gasteiger partial charge in [0.1, 0.15) is 0 Å². The SMILES string of the molecule is CC/C=C/C(=O)c1cncc(C)c1. The molecule has 0 aliphatic carbocycles. The van der Waals surface area contributed by atoms with Gasteiger partial charge in [0.25, 0.3) is 0 Å². The zero-order valence-corrected chi connectivity index (χ0v) is 7.95. The number of nitrogens with zero attached hydrogens (tertiary/aromatic N) is 1. The van der Waals surface area contributed by atoms with Crippen LogP contribution in [0.2, 0.25) is 0 Å². The largest absolute Gasteiger partial charge is 0.289 e. The van der Waals surface area contributed by atoms with E-state index < -0.39 is 0 Å². The highest BCUT2D eigenvalue weighted by atomic mass is 16.1. The van der Waals surface area contributed by atoms with Gasteiger partial charge in [0.15, 0.2) is 5.78 Å². The Labute approximate surface area is 78.3 Å². The van der Waals surface area contributed by atoms with Crippen LogP contribution in [0.25, 0.3) is 0 Å². The standard InChI is InChI=1S/C11H13NO/c1-3-4-5-11(13)10-6-9(2)7-12-8-10/h4-8H,3H2,1-2H3/b5-4+. The second-order valence-electron chi connectivity index (χ2n) is 2.93. The Hall–Kier alpha value is -1.44. The summed E-state index contributed by atoms with van der Waals surface area (Å²) >= 11 is 0. The maximum atomic E-state index is 11.4. The summed E-state index contributed by atoms with van der Waals surface area (Å²) in [7, 11) is 0. The summed E-state index contributed by atoms with van der Waals surface area (Å²) in [6.45, 7) is 3.92. The second kappa shape index (κ2) is 4.55. The van der Waals surface area contributed by atoms with Crippen LogP contribution >= 0.6 is 0 Å². The molecule has 2 nitrogen and oxygen atoms in total. The Kier molecular flexibility index (Phi) is 3.38. The number of hydrogen-bond acceptors (Lipinski definition) is 2. The number of aryl methyl sites for hydroxylation is 1. The first-order valence-corrected chi connectivity index (χ1v) is 4.36. The molecule has 68 valence electrons. The molecule has 1 heterocycles. The fourth-order valence-corrected chi connectivity index (χ4v) is 1.01. The van der Waals surface area contributed by atoms with E-state index in [1.54, 1.807) is 18.5 Å². The quantitative estimate of drug-likeness (QED) is 0.522. The van der Waals surface area contributed by atoms with E-state index in [0.717, 1.165) is 12.0 Å². The summed E-state index contributed by atoms with van der Waals surface area (Å²) in [5, 5.41) is 0. The van der Waals surface area contributed by atoms with Gasteiger partial charge in [-0.3, -0.25) is 9.78 Å². The lowest BCUT2D eigenvalue weighted by Crippen LogP contribution is -1.95. The van der Waals surface area contributed by atoms with E-state index in [1.165, 1.54) is 0 Å². The predicted molar refractivity (Wildman–Crippen MR) is 52.7 cm³/mol. The van der Waals surface area contributed by atoms with Crippen LogP contribution in [-0.2, 0) is 0 Å². The minimum Gasteiger partial charge on any atom is -0.289 e. The van der Waals surface area contributed by atoms with E-state index in [4.69, 9.17) is 0 Å². The molecule has 1 rings (SSSR count). The number of carbonyl (C=O) groups is 1. The molecule has 1 aromatic heterocycles. The van der Waals surface area contributed by atoms with Crippen LogP contribution in [-0.4, -0.2) is 10.8 Å². The lowest BCUT2D eigenvalue weighted by molar-refractivity contribution is 0.104. The fraction of sp³-hybridized carbons (Fsp3) is 0.273. The maximum Gasteiger partial charge on any atom is 0.187 e. The predicted octanol–water partition coefficient (Wildman–Crippen LogP) is 2.54. The third-order valence-corrected chi connectivity index (χ3v) is 1.66. The highest BCUT2D eigenvalue weighted by molar-refractivity contribution is 6.04. The molecular formula is C11H13NO. The minimum atomic E-state index is 0.0260. The molecule has 0 aliphatic heterocycles. The molecule has 0 radical (unpaired) electrons. The van der Waals surface area contributed by atoms with Crippen molar-refractivity contribution >= 4 is 5.78 Å². The normalized spacial score (nSPS) is 10.6. The van der Waals surface area contributed by atoms with Gasteiger partial charge in [-0.15, -0.1) is 0 Å². The average Bonchev–Trinajstić information content (AvgIpc) is 2.14. The van der Waals surface area contributed by atoms with Crippen LogP contribution in [0.4, 0.5) is 0 Å². The van der Waals surface area contributed by atoms with Gasteiger partial charge in [0.2, 0.25) is 0 Å². The smallest absolute Gasteiger partial charge is 0.187 e. The Morgan fingerprint density at radius 2 is 2.31 bits per heavy atom. The van der Waals surface area contributed by atoms with Gasteiger partial charge >= 0.3 is 0 Å². The van der Waals surface area contributed by atoms with Gasteiger partial charge in [-0.1, -0.05) is 13.0 Å². The van der Waals surface area contributed by atoms with Gasteiger partial charge in [-0.25, -0.2) is 0 Å². The third-order valence-electron chi connectivity index (χ3n) is 1.66. The number of hydrogen-bond donors (Lipinski definition) is 0. The summed E-state index contributed by atoms with van der Waals surface area (Å²) in [4.78, 5) is 15.4. The summed E-state index contributed by atoms with van der Waals surface area (Å²) in [5.74, 6) is 0.0260. The van der Waals surface area contributed by atoms with Crippen LogP contribution in [0.1, 0.15) is 29.3 Å². The first-order valence-electron chi connectivity index (χ1n) is 4.36. The molecule has 0 N–H and O–H groups in total. The minimum absolute atomic E-state index is 0.0260. The molecular weight excluding hydrogens is 162 g/mol. The van der Waals surface area contributed by atoms with E-state index >= 15 is 0 Å². The zero-order chi connectivity index (χ0) is 9.68. The number of aromatic nitrogens is 1. The van der Waals surface area contributed by atoms with Gasteiger partial charge in [-0.05, 0) is 31.1 Å². The average molecular weight is 175 g/mol. The van der Waals surface area contributed by atoms with Crippen molar-refractivity contribution < 1.29 is 4.79 Å². The third kappa shape index (κ3) is 2.82. The van der Waals surface area contributed by atoms with E-state index in [9.17, 15) is 4.79 Å². The molecule has 0 bridgehead atoms. The summed E-state index contributed by atoms with van der Waals surface area (Å²) in [6.07, 6.45) is 7.65. The zero-order valence-electron chi connectivity index (χ0n) is 7.95. The number of allylic oxidation sites excluding steroid dienone is 2.